The van der Waals surface area contributed by atoms with Crippen molar-refractivity contribution in [2.24, 2.45) is 10.7 Å². The quantitative estimate of drug-likeness (QED) is 0.623. The van der Waals surface area contributed by atoms with E-state index in [0.717, 1.165) is 5.56 Å². The molecule has 1 aromatic rings. The average molecular weight is 275 g/mol. The molecule has 0 aliphatic heterocycles. The second kappa shape index (κ2) is 6.36. The first kappa shape index (κ1) is 14.3. The monoisotopic (exact) mass is 275 g/mol. The summed E-state index contributed by atoms with van der Waals surface area (Å²) in [4.78, 5) is 22.0. The molecule has 0 radical (unpaired) electrons. The summed E-state index contributed by atoms with van der Waals surface area (Å²) >= 11 is 0. The van der Waals surface area contributed by atoms with Crippen LogP contribution >= 0.6 is 0 Å². The SMILES string of the molecule is Cc1ccc(NC(=O)CCN=C(N)N(C)C2CC2)nc1. The molecule has 6 nitrogen and oxygen atoms in total. The van der Waals surface area contributed by atoms with E-state index in [2.05, 4.69) is 15.3 Å². The minimum atomic E-state index is -0.105. The fraction of sp³-hybridized carbons (Fsp3) is 0.500. The van der Waals surface area contributed by atoms with Crippen LogP contribution in [0.4, 0.5) is 5.82 Å². The first-order valence-electron chi connectivity index (χ1n) is 6.81. The Morgan fingerprint density at radius 3 is 2.90 bits per heavy atom. The summed E-state index contributed by atoms with van der Waals surface area (Å²) in [6, 6.07) is 4.22. The van der Waals surface area contributed by atoms with Crippen LogP contribution in [0.2, 0.25) is 0 Å². The van der Waals surface area contributed by atoms with Crippen molar-refractivity contribution in [3.05, 3.63) is 23.9 Å². The van der Waals surface area contributed by atoms with Gasteiger partial charge in [-0.3, -0.25) is 9.79 Å². The maximum atomic E-state index is 11.7. The molecule has 1 saturated carbocycles. The first-order valence-corrected chi connectivity index (χ1v) is 6.81. The number of aromatic nitrogens is 1. The number of pyridine rings is 1. The van der Waals surface area contributed by atoms with E-state index < -0.39 is 0 Å². The summed E-state index contributed by atoms with van der Waals surface area (Å²) in [6.07, 6.45) is 4.36. The van der Waals surface area contributed by atoms with E-state index in [4.69, 9.17) is 5.73 Å². The van der Waals surface area contributed by atoms with Crippen molar-refractivity contribution in [2.45, 2.75) is 32.2 Å². The molecule has 1 aromatic heterocycles. The van der Waals surface area contributed by atoms with Gasteiger partial charge in [0.25, 0.3) is 0 Å². The highest BCUT2D eigenvalue weighted by molar-refractivity contribution is 5.90. The Hall–Kier alpha value is -2.11. The molecule has 20 heavy (non-hydrogen) atoms. The average Bonchev–Trinajstić information content (AvgIpc) is 3.25. The summed E-state index contributed by atoms with van der Waals surface area (Å²) in [5.41, 5.74) is 6.90. The summed E-state index contributed by atoms with van der Waals surface area (Å²) in [5, 5.41) is 2.73. The molecule has 0 unspecified atom stereocenters. The number of carbonyl (C=O) groups excluding carboxylic acids is 1. The fourth-order valence-corrected chi connectivity index (χ4v) is 1.78. The van der Waals surface area contributed by atoms with Crippen molar-refractivity contribution in [3.63, 3.8) is 0 Å². The Bertz CT molecular complexity index is 493. The Kier molecular flexibility index (Phi) is 4.55. The molecule has 0 aromatic carbocycles. The van der Waals surface area contributed by atoms with Gasteiger partial charge >= 0.3 is 0 Å². The molecule has 1 heterocycles. The van der Waals surface area contributed by atoms with E-state index in [1.807, 2.05) is 24.9 Å². The van der Waals surface area contributed by atoms with Crippen molar-refractivity contribution < 1.29 is 4.79 Å². The molecule has 0 spiro atoms. The van der Waals surface area contributed by atoms with Gasteiger partial charge in [-0.15, -0.1) is 0 Å². The normalized spacial score (nSPS) is 15.0. The highest BCUT2D eigenvalue weighted by Gasteiger charge is 2.27. The zero-order valence-electron chi connectivity index (χ0n) is 12.0. The number of aliphatic imine (C=N–C) groups is 1. The van der Waals surface area contributed by atoms with Crippen LogP contribution in [0, 0.1) is 6.92 Å². The van der Waals surface area contributed by atoms with Crippen LogP contribution in [-0.2, 0) is 4.79 Å². The molecule has 108 valence electrons. The third kappa shape index (κ3) is 4.22. The number of carbonyl (C=O) groups is 1. The van der Waals surface area contributed by atoms with Crippen molar-refractivity contribution in [2.75, 3.05) is 18.9 Å². The standard InChI is InChI=1S/C14H21N5O/c1-10-3-6-12(17-9-10)18-13(20)7-8-16-14(15)19(2)11-4-5-11/h3,6,9,11H,4-5,7-8H2,1-2H3,(H2,15,16)(H,17,18,20). The molecule has 1 aliphatic carbocycles. The number of hydrogen-bond donors (Lipinski definition) is 2. The Balaban J connectivity index is 1.74. The predicted molar refractivity (Wildman–Crippen MR) is 79.5 cm³/mol. The highest BCUT2D eigenvalue weighted by Crippen LogP contribution is 2.24. The largest absolute Gasteiger partial charge is 0.370 e. The Labute approximate surface area is 119 Å². The molecule has 1 fully saturated rings. The van der Waals surface area contributed by atoms with Gasteiger partial charge in [-0.05, 0) is 31.4 Å². The van der Waals surface area contributed by atoms with Crippen molar-refractivity contribution in [1.29, 1.82) is 0 Å². The second-order valence-electron chi connectivity index (χ2n) is 5.10. The highest BCUT2D eigenvalue weighted by atomic mass is 16.1. The van der Waals surface area contributed by atoms with Crippen molar-refractivity contribution >= 4 is 17.7 Å². The Morgan fingerprint density at radius 2 is 2.30 bits per heavy atom. The number of amides is 1. The van der Waals surface area contributed by atoms with Gasteiger partial charge in [-0.2, -0.15) is 0 Å². The smallest absolute Gasteiger partial charge is 0.227 e. The molecule has 0 atom stereocenters. The first-order chi connectivity index (χ1) is 9.56. The summed E-state index contributed by atoms with van der Waals surface area (Å²) in [5.74, 6) is 0.966. The molecular weight excluding hydrogens is 254 g/mol. The van der Waals surface area contributed by atoms with Crippen LogP contribution in [0.25, 0.3) is 0 Å². The van der Waals surface area contributed by atoms with Gasteiger partial charge in [0.05, 0.1) is 6.54 Å². The molecule has 2 rings (SSSR count). The third-order valence-electron chi connectivity index (χ3n) is 3.25. The van der Waals surface area contributed by atoms with E-state index >= 15 is 0 Å². The molecule has 1 aliphatic rings. The Morgan fingerprint density at radius 1 is 1.55 bits per heavy atom. The van der Waals surface area contributed by atoms with Gasteiger partial charge in [0.1, 0.15) is 5.82 Å². The minimum absolute atomic E-state index is 0.105. The summed E-state index contributed by atoms with van der Waals surface area (Å²) < 4.78 is 0. The van der Waals surface area contributed by atoms with Crippen LogP contribution in [0.15, 0.2) is 23.3 Å². The van der Waals surface area contributed by atoms with Crippen LogP contribution in [0.5, 0.6) is 0 Å². The lowest BCUT2D eigenvalue weighted by Gasteiger charge is -2.16. The maximum Gasteiger partial charge on any atom is 0.227 e. The van der Waals surface area contributed by atoms with Crippen LogP contribution in [0.1, 0.15) is 24.8 Å². The number of anilines is 1. The van der Waals surface area contributed by atoms with Crippen LogP contribution in [-0.4, -0.2) is 41.4 Å². The van der Waals surface area contributed by atoms with E-state index in [9.17, 15) is 4.79 Å². The lowest BCUT2D eigenvalue weighted by molar-refractivity contribution is -0.116. The number of nitrogens with zero attached hydrogens (tertiary/aromatic N) is 3. The zero-order valence-corrected chi connectivity index (χ0v) is 12.0. The molecule has 0 saturated heterocycles. The predicted octanol–water partition coefficient (Wildman–Crippen LogP) is 1.13. The summed E-state index contributed by atoms with van der Waals surface area (Å²) in [6.45, 7) is 2.34. The minimum Gasteiger partial charge on any atom is -0.370 e. The van der Waals surface area contributed by atoms with Crippen LogP contribution in [0.3, 0.4) is 0 Å². The molecule has 3 N–H and O–H groups in total. The lowest BCUT2D eigenvalue weighted by atomic mass is 10.3. The molecule has 1 amide bonds. The van der Waals surface area contributed by atoms with Gasteiger partial charge in [0, 0.05) is 25.7 Å². The molecule has 0 bridgehead atoms. The number of nitrogens with one attached hydrogen (secondary N) is 1. The van der Waals surface area contributed by atoms with Gasteiger partial charge in [-0.1, -0.05) is 6.07 Å². The molecular formula is C14H21N5O. The third-order valence-corrected chi connectivity index (χ3v) is 3.25. The lowest BCUT2D eigenvalue weighted by Crippen LogP contribution is -2.35. The van der Waals surface area contributed by atoms with Gasteiger partial charge in [0.2, 0.25) is 5.91 Å². The van der Waals surface area contributed by atoms with Crippen molar-refractivity contribution in [3.8, 4) is 0 Å². The van der Waals surface area contributed by atoms with E-state index in [0.29, 0.717) is 30.8 Å². The number of hydrogen-bond acceptors (Lipinski definition) is 3. The van der Waals surface area contributed by atoms with E-state index in [1.54, 1.807) is 12.3 Å². The number of rotatable bonds is 5. The van der Waals surface area contributed by atoms with Gasteiger partial charge < -0.3 is 16.0 Å². The fourth-order valence-electron chi connectivity index (χ4n) is 1.78. The van der Waals surface area contributed by atoms with E-state index in [-0.39, 0.29) is 5.91 Å². The second-order valence-corrected chi connectivity index (χ2v) is 5.10. The molecule has 6 heteroatoms. The van der Waals surface area contributed by atoms with E-state index in [1.165, 1.54) is 12.8 Å². The zero-order chi connectivity index (χ0) is 14.5. The van der Waals surface area contributed by atoms with Gasteiger partial charge in [0.15, 0.2) is 5.96 Å². The number of nitrogens with two attached hydrogens (primary N) is 1. The maximum absolute atomic E-state index is 11.7. The topological polar surface area (TPSA) is 83.6 Å². The van der Waals surface area contributed by atoms with Crippen LogP contribution < -0.4 is 11.1 Å². The number of guanidine groups is 1. The summed E-state index contributed by atoms with van der Waals surface area (Å²) in [7, 11) is 1.94. The van der Waals surface area contributed by atoms with Gasteiger partial charge in [-0.25, -0.2) is 4.98 Å². The number of aryl methyl sites for hydroxylation is 1. The van der Waals surface area contributed by atoms with Crippen molar-refractivity contribution in [1.82, 2.24) is 9.88 Å².